The first-order chi connectivity index (χ1) is 5.13. The average Bonchev–Trinajstić information content (AvgIpc) is 1.94. The summed E-state index contributed by atoms with van der Waals surface area (Å²) < 4.78 is 12.6. The first kappa shape index (κ1) is 7.97. The Morgan fingerprint density at radius 3 is 2.64 bits per heavy atom. The van der Waals surface area contributed by atoms with Crippen LogP contribution >= 0.6 is 0 Å². The summed E-state index contributed by atoms with van der Waals surface area (Å²) in [6.07, 6.45) is 1.14. The van der Waals surface area contributed by atoms with Gasteiger partial charge in [-0.2, -0.15) is 0 Å². The molecule has 0 unspecified atom stereocenters. The molecule has 0 amide bonds. The van der Waals surface area contributed by atoms with Gasteiger partial charge in [-0.3, -0.25) is 4.79 Å². The molecule has 11 heavy (non-hydrogen) atoms. The summed E-state index contributed by atoms with van der Waals surface area (Å²) in [4.78, 5) is 12.5. The standard InChI is InChI=1S/C5H5BFNO3/c7-4-3(6(10)11)1-2-8-5(4)9/h1-2,10-11H,(H,8,9). The first-order valence-electron chi connectivity index (χ1n) is 2.86. The highest BCUT2D eigenvalue weighted by molar-refractivity contribution is 6.58. The third-order valence-corrected chi connectivity index (χ3v) is 1.21. The zero-order valence-electron chi connectivity index (χ0n) is 5.41. The minimum absolute atomic E-state index is 0.422. The zero-order chi connectivity index (χ0) is 8.43. The number of aromatic nitrogens is 1. The summed E-state index contributed by atoms with van der Waals surface area (Å²) in [5, 5.41) is 17.0. The van der Waals surface area contributed by atoms with Gasteiger partial charge in [0.15, 0.2) is 5.82 Å². The van der Waals surface area contributed by atoms with Crippen molar-refractivity contribution in [2.24, 2.45) is 0 Å². The maximum Gasteiger partial charge on any atom is 0.491 e. The predicted octanol–water partition coefficient (Wildman–Crippen LogP) is -1.81. The smallest absolute Gasteiger partial charge is 0.423 e. The predicted molar refractivity (Wildman–Crippen MR) is 36.8 cm³/mol. The maximum absolute atomic E-state index is 12.6. The summed E-state index contributed by atoms with van der Waals surface area (Å²) in [7, 11) is -1.95. The molecule has 0 spiro atoms. The Morgan fingerprint density at radius 2 is 2.18 bits per heavy atom. The lowest BCUT2D eigenvalue weighted by molar-refractivity contribution is 0.422. The number of H-pyrrole nitrogens is 1. The fraction of sp³-hybridized carbons (Fsp3) is 0. The van der Waals surface area contributed by atoms with Gasteiger partial charge in [0.2, 0.25) is 0 Å². The van der Waals surface area contributed by atoms with Gasteiger partial charge in [-0.25, -0.2) is 4.39 Å². The van der Waals surface area contributed by atoms with E-state index in [-0.39, 0.29) is 0 Å². The molecule has 0 aliphatic heterocycles. The van der Waals surface area contributed by atoms with E-state index < -0.39 is 24.0 Å². The van der Waals surface area contributed by atoms with Crippen LogP contribution < -0.4 is 11.0 Å². The van der Waals surface area contributed by atoms with Gasteiger partial charge in [-0.15, -0.1) is 0 Å². The van der Waals surface area contributed by atoms with Crippen molar-refractivity contribution in [3.8, 4) is 0 Å². The van der Waals surface area contributed by atoms with E-state index in [2.05, 4.69) is 0 Å². The molecule has 1 heterocycles. The van der Waals surface area contributed by atoms with Gasteiger partial charge < -0.3 is 15.0 Å². The second kappa shape index (κ2) is 2.85. The highest BCUT2D eigenvalue weighted by Crippen LogP contribution is 1.83. The van der Waals surface area contributed by atoms with Gasteiger partial charge in [-0.05, 0) is 6.07 Å². The molecule has 3 N–H and O–H groups in total. The van der Waals surface area contributed by atoms with Gasteiger partial charge in [0, 0.05) is 11.7 Å². The number of halogens is 1. The highest BCUT2D eigenvalue weighted by atomic mass is 19.1. The van der Waals surface area contributed by atoms with Crippen LogP contribution in [0.15, 0.2) is 17.1 Å². The molecule has 1 aromatic rings. The van der Waals surface area contributed by atoms with Crippen LogP contribution in [0.3, 0.4) is 0 Å². The number of rotatable bonds is 1. The number of pyridine rings is 1. The SMILES string of the molecule is O=c1[nH]ccc(B(O)O)c1F. The molecule has 1 aromatic heterocycles. The van der Waals surface area contributed by atoms with Crippen LogP contribution in [0.1, 0.15) is 0 Å². The zero-order valence-corrected chi connectivity index (χ0v) is 5.41. The second-order valence-corrected chi connectivity index (χ2v) is 1.95. The molecule has 0 atom stereocenters. The number of hydrogen-bond donors (Lipinski definition) is 3. The molecule has 0 aliphatic carbocycles. The summed E-state index contributed by atoms with van der Waals surface area (Å²) in [6.45, 7) is 0. The first-order valence-corrected chi connectivity index (χ1v) is 2.86. The van der Waals surface area contributed by atoms with Gasteiger partial charge in [-0.1, -0.05) is 0 Å². The van der Waals surface area contributed by atoms with Crippen molar-refractivity contribution < 1.29 is 14.4 Å². The van der Waals surface area contributed by atoms with E-state index >= 15 is 0 Å². The highest BCUT2D eigenvalue weighted by Gasteiger charge is 2.17. The Kier molecular flexibility index (Phi) is 2.07. The molecule has 0 aliphatic rings. The van der Waals surface area contributed by atoms with Crippen LogP contribution in [-0.4, -0.2) is 22.2 Å². The van der Waals surface area contributed by atoms with E-state index in [1.165, 1.54) is 0 Å². The lowest BCUT2D eigenvalue weighted by Crippen LogP contribution is -2.37. The fourth-order valence-corrected chi connectivity index (χ4v) is 0.674. The second-order valence-electron chi connectivity index (χ2n) is 1.95. The third kappa shape index (κ3) is 1.47. The van der Waals surface area contributed by atoms with Crippen LogP contribution in [0, 0.1) is 5.82 Å². The molecule has 0 bridgehead atoms. The summed E-state index contributed by atoms with van der Waals surface area (Å²) >= 11 is 0. The lowest BCUT2D eigenvalue weighted by Gasteiger charge is -1.97. The van der Waals surface area contributed by atoms with E-state index in [0.717, 1.165) is 12.3 Å². The molecule has 58 valence electrons. The Hall–Kier alpha value is -1.14. The molecular weight excluding hydrogens is 152 g/mol. The van der Waals surface area contributed by atoms with E-state index in [1.54, 1.807) is 0 Å². The molecule has 0 saturated heterocycles. The van der Waals surface area contributed by atoms with Crippen LogP contribution in [0.25, 0.3) is 0 Å². The average molecular weight is 157 g/mol. The van der Waals surface area contributed by atoms with Crippen molar-refractivity contribution in [3.05, 3.63) is 28.4 Å². The number of hydrogen-bond acceptors (Lipinski definition) is 3. The Balaban J connectivity index is 3.28. The van der Waals surface area contributed by atoms with Crippen LogP contribution in [-0.2, 0) is 0 Å². The number of aromatic amines is 1. The molecule has 0 radical (unpaired) electrons. The maximum atomic E-state index is 12.6. The van der Waals surface area contributed by atoms with Gasteiger partial charge in [0.1, 0.15) is 0 Å². The molecule has 6 heteroatoms. The minimum atomic E-state index is -1.95. The van der Waals surface area contributed by atoms with Gasteiger partial charge >= 0.3 is 7.12 Å². The topological polar surface area (TPSA) is 73.3 Å². The van der Waals surface area contributed by atoms with Crippen molar-refractivity contribution in [2.75, 3.05) is 0 Å². The molecular formula is C5H5BFNO3. The van der Waals surface area contributed by atoms with Crippen molar-refractivity contribution in [2.45, 2.75) is 0 Å². The van der Waals surface area contributed by atoms with E-state index in [0.29, 0.717) is 0 Å². The van der Waals surface area contributed by atoms with Crippen molar-refractivity contribution >= 4 is 12.6 Å². The largest absolute Gasteiger partial charge is 0.491 e. The van der Waals surface area contributed by atoms with Crippen molar-refractivity contribution in [1.29, 1.82) is 0 Å². The monoisotopic (exact) mass is 157 g/mol. The lowest BCUT2D eigenvalue weighted by atomic mass is 9.81. The molecule has 0 aromatic carbocycles. The minimum Gasteiger partial charge on any atom is -0.423 e. The summed E-state index contributed by atoms with van der Waals surface area (Å²) in [5.41, 5.74) is -1.38. The molecule has 4 nitrogen and oxygen atoms in total. The van der Waals surface area contributed by atoms with Gasteiger partial charge in [0.25, 0.3) is 5.56 Å². The number of nitrogens with one attached hydrogen (secondary N) is 1. The van der Waals surface area contributed by atoms with E-state index in [1.807, 2.05) is 4.98 Å². The summed E-state index contributed by atoms with van der Waals surface area (Å²) in [5.74, 6) is -1.16. The van der Waals surface area contributed by atoms with Crippen molar-refractivity contribution in [3.63, 3.8) is 0 Å². The van der Waals surface area contributed by atoms with Gasteiger partial charge in [0.05, 0.1) is 0 Å². The molecule has 0 saturated carbocycles. The van der Waals surface area contributed by atoms with Crippen LogP contribution in [0.4, 0.5) is 4.39 Å². The fourth-order valence-electron chi connectivity index (χ4n) is 0.674. The third-order valence-electron chi connectivity index (χ3n) is 1.21. The van der Waals surface area contributed by atoms with E-state index in [4.69, 9.17) is 10.0 Å². The van der Waals surface area contributed by atoms with E-state index in [9.17, 15) is 9.18 Å². The van der Waals surface area contributed by atoms with Crippen LogP contribution in [0.5, 0.6) is 0 Å². The Labute approximate surface area is 61.5 Å². The molecule has 1 rings (SSSR count). The molecule has 0 fully saturated rings. The van der Waals surface area contributed by atoms with Crippen LogP contribution in [0.2, 0.25) is 0 Å². The Morgan fingerprint density at radius 1 is 1.55 bits per heavy atom. The van der Waals surface area contributed by atoms with Crippen molar-refractivity contribution in [1.82, 2.24) is 4.98 Å². The normalized spacial score (nSPS) is 9.73. The Bertz CT molecular complexity index is 311. The quantitative estimate of drug-likeness (QED) is 0.420. The summed E-state index contributed by atoms with van der Waals surface area (Å²) in [6, 6.07) is 1.08.